The van der Waals surface area contributed by atoms with Gasteiger partial charge in [0.25, 0.3) is 0 Å². The van der Waals surface area contributed by atoms with E-state index in [1.54, 1.807) is 0 Å². The van der Waals surface area contributed by atoms with Crippen molar-refractivity contribution in [1.29, 1.82) is 0 Å². The van der Waals surface area contributed by atoms with Crippen LogP contribution in [0.4, 0.5) is 19.0 Å². The quantitative estimate of drug-likeness (QED) is 0.868. The second-order valence-electron chi connectivity index (χ2n) is 5.66. The lowest BCUT2D eigenvalue weighted by Gasteiger charge is -2.27. The summed E-state index contributed by atoms with van der Waals surface area (Å²) in [5.41, 5.74) is 8.13. The monoisotopic (exact) mass is 315 g/mol. The number of nitrogens with zero attached hydrogens (tertiary/aromatic N) is 2. The first-order chi connectivity index (χ1) is 9.85. The first-order valence-electron chi connectivity index (χ1n) is 7.01. The van der Waals surface area contributed by atoms with Crippen LogP contribution in [0.5, 0.6) is 0 Å². The highest BCUT2D eigenvalue weighted by atomic mass is 32.1. The zero-order chi connectivity index (χ0) is 15.2. The van der Waals surface area contributed by atoms with Gasteiger partial charge < -0.3 is 10.6 Å². The molecule has 2 N–H and O–H groups in total. The Hall–Kier alpha value is -1.37. The zero-order valence-corrected chi connectivity index (χ0v) is 12.2. The fraction of sp³-hybridized carbons (Fsp3) is 0.571. The van der Waals surface area contributed by atoms with Crippen molar-refractivity contribution in [2.24, 2.45) is 5.73 Å². The van der Waals surface area contributed by atoms with Crippen LogP contribution in [-0.4, -0.2) is 28.7 Å². The molecule has 0 atom stereocenters. The van der Waals surface area contributed by atoms with Crippen LogP contribution in [0.1, 0.15) is 36.1 Å². The molecule has 2 aliphatic carbocycles. The minimum atomic E-state index is -4.27. The van der Waals surface area contributed by atoms with Gasteiger partial charge in [0.1, 0.15) is 17.4 Å². The van der Waals surface area contributed by atoms with E-state index in [0.29, 0.717) is 11.4 Å². The van der Waals surface area contributed by atoms with Crippen LogP contribution in [0, 0.1) is 0 Å². The Labute approximate surface area is 126 Å². The van der Waals surface area contributed by atoms with Gasteiger partial charge in [0.05, 0.1) is 5.56 Å². The van der Waals surface area contributed by atoms with Crippen molar-refractivity contribution in [3.63, 3.8) is 0 Å². The van der Waals surface area contributed by atoms with Crippen molar-refractivity contribution >= 4 is 23.0 Å². The first-order valence-corrected chi connectivity index (χ1v) is 7.42. The van der Waals surface area contributed by atoms with E-state index >= 15 is 0 Å². The van der Waals surface area contributed by atoms with Gasteiger partial charge in [0.2, 0.25) is 0 Å². The summed E-state index contributed by atoms with van der Waals surface area (Å²) in [4.78, 5) is 5.92. The highest BCUT2D eigenvalue weighted by Gasteiger charge is 2.40. The van der Waals surface area contributed by atoms with Crippen LogP contribution in [0.3, 0.4) is 0 Å². The van der Waals surface area contributed by atoms with Crippen molar-refractivity contribution in [2.45, 2.75) is 44.3 Å². The number of aryl methyl sites for hydroxylation is 2. The van der Waals surface area contributed by atoms with Crippen LogP contribution in [0.25, 0.3) is 0 Å². The molecule has 0 unspecified atom stereocenters. The molecule has 1 saturated carbocycles. The molecule has 1 fully saturated rings. The van der Waals surface area contributed by atoms with Crippen molar-refractivity contribution in [2.75, 3.05) is 11.4 Å². The van der Waals surface area contributed by atoms with Gasteiger partial charge in [-0.15, -0.1) is 0 Å². The Morgan fingerprint density at radius 3 is 2.67 bits per heavy atom. The summed E-state index contributed by atoms with van der Waals surface area (Å²) in [6.45, 7) is -1.00. The molecule has 0 saturated heterocycles. The molecule has 0 radical (unpaired) electrons. The van der Waals surface area contributed by atoms with E-state index in [-0.39, 0.29) is 11.0 Å². The molecule has 0 aliphatic heterocycles. The lowest BCUT2D eigenvalue weighted by atomic mass is 10.1. The highest BCUT2D eigenvalue weighted by Crippen LogP contribution is 2.36. The molecule has 2 aliphatic rings. The SMILES string of the molecule is NC(=S)c1cc2c(nc1N(CC(F)(F)F)C1CC1)CCC2. The predicted molar refractivity (Wildman–Crippen MR) is 78.6 cm³/mol. The van der Waals surface area contributed by atoms with Crippen molar-refractivity contribution in [3.8, 4) is 0 Å². The van der Waals surface area contributed by atoms with Crippen LogP contribution in [0.2, 0.25) is 0 Å². The molecule has 21 heavy (non-hydrogen) atoms. The maximum Gasteiger partial charge on any atom is 0.405 e. The molecule has 3 nitrogen and oxygen atoms in total. The third-order valence-electron chi connectivity index (χ3n) is 3.91. The zero-order valence-electron chi connectivity index (χ0n) is 11.4. The Morgan fingerprint density at radius 1 is 1.38 bits per heavy atom. The van der Waals surface area contributed by atoms with Gasteiger partial charge in [-0.1, -0.05) is 12.2 Å². The topological polar surface area (TPSA) is 42.1 Å². The van der Waals surface area contributed by atoms with Crippen molar-refractivity contribution < 1.29 is 13.2 Å². The number of aromatic nitrogens is 1. The Bertz CT molecular complexity index is 582. The molecular formula is C14H16F3N3S. The average Bonchev–Trinajstić information content (AvgIpc) is 3.11. The van der Waals surface area contributed by atoms with Gasteiger partial charge in [0, 0.05) is 11.7 Å². The Morgan fingerprint density at radius 2 is 2.10 bits per heavy atom. The van der Waals surface area contributed by atoms with Gasteiger partial charge in [-0.3, -0.25) is 0 Å². The molecular weight excluding hydrogens is 299 g/mol. The van der Waals surface area contributed by atoms with E-state index in [4.69, 9.17) is 18.0 Å². The number of thiocarbonyl (C=S) groups is 1. The van der Waals surface area contributed by atoms with Gasteiger partial charge >= 0.3 is 6.18 Å². The lowest BCUT2D eigenvalue weighted by molar-refractivity contribution is -0.120. The van der Waals surface area contributed by atoms with E-state index in [2.05, 4.69) is 4.98 Å². The lowest BCUT2D eigenvalue weighted by Crippen LogP contribution is -2.38. The summed E-state index contributed by atoms with van der Waals surface area (Å²) < 4.78 is 38.6. The number of nitrogens with two attached hydrogens (primary N) is 1. The number of rotatable bonds is 4. The fourth-order valence-electron chi connectivity index (χ4n) is 2.82. The van der Waals surface area contributed by atoms with Crippen LogP contribution in [-0.2, 0) is 12.8 Å². The van der Waals surface area contributed by atoms with Crippen molar-refractivity contribution in [1.82, 2.24) is 4.98 Å². The molecule has 1 heterocycles. The van der Waals surface area contributed by atoms with E-state index in [1.807, 2.05) is 6.07 Å². The smallest absolute Gasteiger partial charge is 0.389 e. The number of anilines is 1. The maximum absolute atomic E-state index is 12.9. The minimum absolute atomic E-state index is 0.105. The number of hydrogen-bond donors (Lipinski definition) is 1. The number of halogens is 3. The summed E-state index contributed by atoms with van der Waals surface area (Å²) in [7, 11) is 0. The third-order valence-corrected chi connectivity index (χ3v) is 4.13. The molecule has 3 rings (SSSR count). The van der Waals surface area contributed by atoms with Gasteiger partial charge in [-0.2, -0.15) is 13.2 Å². The van der Waals surface area contributed by atoms with Gasteiger partial charge in [-0.05, 0) is 43.7 Å². The second-order valence-corrected chi connectivity index (χ2v) is 6.10. The molecule has 0 bridgehead atoms. The number of fused-ring (bicyclic) bond motifs is 1. The Balaban J connectivity index is 2.03. The standard InChI is InChI=1S/C14H16F3N3S/c15-14(16,17)7-20(9-4-5-9)13-10(12(18)21)6-8-2-1-3-11(8)19-13/h6,9H,1-5,7H2,(H2,18,21). The predicted octanol–water partition coefficient (Wildman–Crippen LogP) is 2.74. The third kappa shape index (κ3) is 3.12. The number of hydrogen-bond acceptors (Lipinski definition) is 3. The highest BCUT2D eigenvalue weighted by molar-refractivity contribution is 7.80. The molecule has 7 heteroatoms. The van der Waals surface area contributed by atoms with Gasteiger partial charge in [-0.25, -0.2) is 4.98 Å². The van der Waals surface area contributed by atoms with Crippen molar-refractivity contribution in [3.05, 3.63) is 22.9 Å². The van der Waals surface area contributed by atoms with E-state index in [9.17, 15) is 13.2 Å². The summed E-state index contributed by atoms with van der Waals surface area (Å²) in [5.74, 6) is 0.308. The summed E-state index contributed by atoms with van der Waals surface area (Å²) >= 11 is 5.02. The second kappa shape index (κ2) is 5.12. The van der Waals surface area contributed by atoms with E-state index in [0.717, 1.165) is 43.4 Å². The molecule has 0 amide bonds. The minimum Gasteiger partial charge on any atom is -0.389 e. The normalized spacial score (nSPS) is 17.7. The molecule has 1 aromatic heterocycles. The average molecular weight is 315 g/mol. The van der Waals surface area contributed by atoms with Crippen LogP contribution >= 0.6 is 12.2 Å². The van der Waals surface area contributed by atoms with E-state index < -0.39 is 12.7 Å². The summed E-state index contributed by atoms with van der Waals surface area (Å²) in [5, 5.41) is 0. The van der Waals surface area contributed by atoms with E-state index in [1.165, 1.54) is 4.90 Å². The first kappa shape index (κ1) is 14.6. The van der Waals surface area contributed by atoms with Crippen LogP contribution in [0.15, 0.2) is 6.07 Å². The molecule has 1 aromatic rings. The molecule has 114 valence electrons. The number of alkyl halides is 3. The maximum atomic E-state index is 12.9. The fourth-order valence-corrected chi connectivity index (χ4v) is 2.97. The molecule has 0 spiro atoms. The number of pyridine rings is 1. The summed E-state index contributed by atoms with van der Waals surface area (Å²) in [6, 6.07) is 1.73. The molecule has 0 aromatic carbocycles. The largest absolute Gasteiger partial charge is 0.405 e. The van der Waals surface area contributed by atoms with Crippen LogP contribution < -0.4 is 10.6 Å². The summed E-state index contributed by atoms with van der Waals surface area (Å²) in [6.07, 6.45) is -0.0787. The van der Waals surface area contributed by atoms with Gasteiger partial charge in [0.15, 0.2) is 0 Å². The Kier molecular flexibility index (Phi) is 3.55.